The average molecular weight is 317 g/mol. The highest BCUT2D eigenvalue weighted by molar-refractivity contribution is 5.86. The number of nitro groups is 1. The summed E-state index contributed by atoms with van der Waals surface area (Å²) in [5.41, 5.74) is 0.824. The summed E-state index contributed by atoms with van der Waals surface area (Å²) in [6.07, 6.45) is -4.17. The third-order valence-corrected chi connectivity index (χ3v) is 3.40. The van der Waals surface area contributed by atoms with Gasteiger partial charge in [-0.2, -0.15) is 13.2 Å². The van der Waals surface area contributed by atoms with E-state index in [9.17, 15) is 28.1 Å². The van der Waals surface area contributed by atoms with Crippen molar-refractivity contribution in [1.82, 2.24) is 4.90 Å². The lowest BCUT2D eigenvalue weighted by atomic mass is 10.1. The normalized spacial score (nSPS) is 18.6. The van der Waals surface area contributed by atoms with Gasteiger partial charge < -0.3 is 10.2 Å². The third-order valence-electron chi connectivity index (χ3n) is 3.40. The Hall–Kier alpha value is -2.32. The highest BCUT2D eigenvalue weighted by Gasteiger charge is 2.39. The summed E-state index contributed by atoms with van der Waals surface area (Å²) in [6, 6.07) is 3.48. The highest BCUT2D eigenvalue weighted by atomic mass is 19.4. The molecule has 0 radical (unpaired) electrons. The summed E-state index contributed by atoms with van der Waals surface area (Å²) in [4.78, 5) is 22.9. The third kappa shape index (κ3) is 3.66. The Morgan fingerprint density at radius 1 is 1.45 bits per heavy atom. The van der Waals surface area contributed by atoms with Crippen LogP contribution in [0.4, 0.5) is 24.5 Å². The van der Waals surface area contributed by atoms with Crippen molar-refractivity contribution < 1.29 is 22.9 Å². The quantitative estimate of drug-likeness (QED) is 0.684. The molecule has 1 saturated heterocycles. The van der Waals surface area contributed by atoms with Crippen LogP contribution < -0.4 is 5.32 Å². The van der Waals surface area contributed by atoms with E-state index in [2.05, 4.69) is 5.32 Å². The summed E-state index contributed by atoms with van der Waals surface area (Å²) in [7, 11) is 0. The Morgan fingerprint density at radius 3 is 2.68 bits per heavy atom. The number of carbonyl (C=O) groups is 1. The second-order valence-corrected chi connectivity index (χ2v) is 5.12. The molecule has 6 nitrogen and oxygen atoms in total. The van der Waals surface area contributed by atoms with Crippen LogP contribution in [0.2, 0.25) is 0 Å². The predicted octanol–water partition coefficient (Wildman–Crippen LogP) is 2.48. The van der Waals surface area contributed by atoms with E-state index in [1.165, 1.54) is 18.2 Å². The molecule has 1 atom stereocenters. The Bertz CT molecular complexity index is 604. The Balaban J connectivity index is 2.05. The Labute approximate surface area is 124 Å². The molecule has 1 fully saturated rings. The molecule has 0 spiro atoms. The lowest BCUT2D eigenvalue weighted by Gasteiger charge is -2.19. The molecule has 1 amide bonds. The second-order valence-electron chi connectivity index (χ2n) is 5.12. The lowest BCUT2D eigenvalue weighted by molar-refractivity contribution is -0.385. The monoisotopic (exact) mass is 317 g/mol. The number of nitrogens with zero attached hydrogens (tertiary/aromatic N) is 2. The highest BCUT2D eigenvalue weighted by Crippen LogP contribution is 2.25. The molecule has 1 unspecified atom stereocenters. The van der Waals surface area contributed by atoms with Crippen LogP contribution in [0.3, 0.4) is 0 Å². The number of alkyl halides is 3. The fraction of sp³-hybridized carbons (Fsp3) is 0.462. The van der Waals surface area contributed by atoms with Crippen LogP contribution in [0.1, 0.15) is 12.0 Å². The second kappa shape index (κ2) is 5.82. The maximum atomic E-state index is 12.3. The number of rotatable bonds is 4. The van der Waals surface area contributed by atoms with E-state index in [-0.39, 0.29) is 18.7 Å². The first-order chi connectivity index (χ1) is 10.2. The molecule has 0 aromatic heterocycles. The van der Waals surface area contributed by atoms with E-state index in [1.54, 1.807) is 6.92 Å². The number of benzene rings is 1. The first-order valence-corrected chi connectivity index (χ1v) is 6.54. The number of carbonyl (C=O) groups excluding carboxylic acids is 1. The van der Waals surface area contributed by atoms with Crippen molar-refractivity contribution in [3.05, 3.63) is 33.9 Å². The van der Waals surface area contributed by atoms with Gasteiger partial charge in [-0.1, -0.05) is 0 Å². The minimum atomic E-state index is -4.42. The standard InChI is InChI=1S/C13H14F3N3O3/c1-8-6-9(2-3-11(8)19(21)22)17-10-4-5-18(12(10)20)7-13(14,15)16/h2-3,6,10,17H,4-5,7H2,1H3. The maximum Gasteiger partial charge on any atom is 0.406 e. The van der Waals surface area contributed by atoms with Gasteiger partial charge in [-0.25, -0.2) is 0 Å². The predicted molar refractivity (Wildman–Crippen MR) is 72.5 cm³/mol. The van der Waals surface area contributed by atoms with Gasteiger partial charge >= 0.3 is 6.18 Å². The van der Waals surface area contributed by atoms with Crippen molar-refractivity contribution in [2.45, 2.75) is 25.6 Å². The summed E-state index contributed by atoms with van der Waals surface area (Å²) < 4.78 is 37.0. The van der Waals surface area contributed by atoms with E-state index in [1.807, 2.05) is 0 Å². The molecule has 120 valence electrons. The smallest absolute Gasteiger partial charge is 0.374 e. The fourth-order valence-corrected chi connectivity index (χ4v) is 2.40. The molecule has 0 saturated carbocycles. The molecule has 1 aromatic carbocycles. The van der Waals surface area contributed by atoms with Gasteiger partial charge in [-0.3, -0.25) is 14.9 Å². The average Bonchev–Trinajstić information content (AvgIpc) is 2.69. The molecule has 22 heavy (non-hydrogen) atoms. The van der Waals surface area contributed by atoms with Crippen molar-refractivity contribution in [3.63, 3.8) is 0 Å². The fourth-order valence-electron chi connectivity index (χ4n) is 2.40. The maximum absolute atomic E-state index is 12.3. The van der Waals surface area contributed by atoms with Crippen LogP contribution in [0, 0.1) is 17.0 Å². The number of hydrogen-bond acceptors (Lipinski definition) is 4. The van der Waals surface area contributed by atoms with E-state index in [0.717, 1.165) is 4.90 Å². The first kappa shape index (κ1) is 16.1. The molecule has 0 aliphatic carbocycles. The van der Waals surface area contributed by atoms with Crippen LogP contribution in [-0.4, -0.2) is 41.0 Å². The van der Waals surface area contributed by atoms with Gasteiger partial charge in [0.15, 0.2) is 0 Å². The summed E-state index contributed by atoms with van der Waals surface area (Å²) >= 11 is 0. The van der Waals surface area contributed by atoms with Crippen LogP contribution in [0.25, 0.3) is 0 Å². The number of nitro benzene ring substituents is 1. The minimum Gasteiger partial charge on any atom is -0.374 e. The van der Waals surface area contributed by atoms with Gasteiger partial charge in [0.25, 0.3) is 5.69 Å². The Morgan fingerprint density at radius 2 is 2.14 bits per heavy atom. The van der Waals surface area contributed by atoms with Crippen molar-refractivity contribution in [2.75, 3.05) is 18.4 Å². The van der Waals surface area contributed by atoms with Gasteiger partial charge in [0, 0.05) is 23.9 Å². The van der Waals surface area contributed by atoms with Gasteiger partial charge in [-0.05, 0) is 25.5 Å². The molecule has 1 aliphatic heterocycles. The number of anilines is 1. The van der Waals surface area contributed by atoms with Gasteiger partial charge in [0.05, 0.1) is 4.92 Å². The zero-order chi connectivity index (χ0) is 16.5. The van der Waals surface area contributed by atoms with E-state index >= 15 is 0 Å². The number of likely N-dealkylation sites (tertiary alicyclic amines) is 1. The van der Waals surface area contributed by atoms with Crippen molar-refractivity contribution in [3.8, 4) is 0 Å². The first-order valence-electron chi connectivity index (χ1n) is 6.54. The van der Waals surface area contributed by atoms with E-state index in [4.69, 9.17) is 0 Å². The van der Waals surface area contributed by atoms with Crippen molar-refractivity contribution in [2.24, 2.45) is 0 Å². The number of halogens is 3. The zero-order valence-corrected chi connectivity index (χ0v) is 11.7. The van der Waals surface area contributed by atoms with Crippen molar-refractivity contribution >= 4 is 17.3 Å². The Kier molecular flexibility index (Phi) is 4.25. The van der Waals surface area contributed by atoms with Crippen LogP contribution in [0.15, 0.2) is 18.2 Å². The number of hydrogen-bond donors (Lipinski definition) is 1. The van der Waals surface area contributed by atoms with Gasteiger partial charge in [0.2, 0.25) is 5.91 Å². The number of nitrogens with one attached hydrogen (secondary N) is 1. The molecule has 1 N–H and O–H groups in total. The SMILES string of the molecule is Cc1cc(NC2CCN(CC(F)(F)F)C2=O)ccc1[N+](=O)[O-]. The van der Waals surface area contributed by atoms with Crippen molar-refractivity contribution in [1.29, 1.82) is 0 Å². The molecular formula is C13H14F3N3O3. The minimum absolute atomic E-state index is 0.0297. The van der Waals surface area contributed by atoms with Crippen LogP contribution in [-0.2, 0) is 4.79 Å². The van der Waals surface area contributed by atoms with E-state index in [0.29, 0.717) is 11.3 Å². The van der Waals surface area contributed by atoms with E-state index < -0.39 is 29.6 Å². The molecule has 1 aliphatic rings. The zero-order valence-electron chi connectivity index (χ0n) is 11.7. The molecule has 9 heteroatoms. The molecule has 1 heterocycles. The van der Waals surface area contributed by atoms with Crippen LogP contribution >= 0.6 is 0 Å². The number of amides is 1. The summed E-state index contributed by atoms with van der Waals surface area (Å²) in [6.45, 7) is 0.320. The van der Waals surface area contributed by atoms with Crippen LogP contribution in [0.5, 0.6) is 0 Å². The lowest BCUT2D eigenvalue weighted by Crippen LogP contribution is -2.39. The molecule has 1 aromatic rings. The largest absolute Gasteiger partial charge is 0.406 e. The molecule has 0 bridgehead atoms. The van der Waals surface area contributed by atoms with Gasteiger partial charge in [-0.15, -0.1) is 0 Å². The molecule has 2 rings (SSSR count). The topological polar surface area (TPSA) is 75.5 Å². The number of aryl methyl sites for hydroxylation is 1. The molecular weight excluding hydrogens is 303 g/mol. The summed E-state index contributed by atoms with van der Waals surface area (Å²) in [5.74, 6) is -0.617. The summed E-state index contributed by atoms with van der Waals surface area (Å²) in [5, 5.41) is 13.6. The van der Waals surface area contributed by atoms with Gasteiger partial charge in [0.1, 0.15) is 12.6 Å².